The quantitative estimate of drug-likeness (QED) is 0.601. The zero-order chi connectivity index (χ0) is 22.6. The summed E-state index contributed by atoms with van der Waals surface area (Å²) < 4.78 is 29.1. The number of nitrogens with zero attached hydrogens (tertiary/aromatic N) is 5. The average Bonchev–Trinajstić information content (AvgIpc) is 2.99. The van der Waals surface area contributed by atoms with Crippen LogP contribution in [0.15, 0.2) is 36.5 Å². The van der Waals surface area contributed by atoms with Crippen LogP contribution >= 0.6 is 0 Å². The van der Waals surface area contributed by atoms with Crippen LogP contribution in [-0.2, 0) is 15.0 Å². The molecule has 0 bridgehead atoms. The van der Waals surface area contributed by atoms with E-state index in [4.69, 9.17) is 0 Å². The first-order valence-electron chi connectivity index (χ1n) is 11.3. The summed E-state index contributed by atoms with van der Waals surface area (Å²) in [6.07, 6.45) is 7.42. The number of carbonyl (C=O) groups excluding carboxylic acids is 2. The van der Waals surface area contributed by atoms with Crippen LogP contribution in [0.2, 0.25) is 0 Å². The number of urea groups is 1. The molecule has 0 saturated carbocycles. The molecule has 0 aliphatic carbocycles. The third-order valence-corrected chi connectivity index (χ3v) is 8.26. The number of carbonyl (C=O) groups is 2. The van der Waals surface area contributed by atoms with Crippen molar-refractivity contribution in [2.75, 3.05) is 52.5 Å². The molecule has 3 fully saturated rings. The first-order valence-corrected chi connectivity index (χ1v) is 12.7. The molecule has 3 amide bonds. The van der Waals surface area contributed by atoms with Gasteiger partial charge in [0.05, 0.1) is 6.67 Å². The topological polar surface area (TPSA) is 84.5 Å². The number of amides is 3. The van der Waals surface area contributed by atoms with Crippen molar-refractivity contribution < 1.29 is 18.0 Å². The number of imide groups is 1. The molecule has 174 valence electrons. The Balaban J connectivity index is 1.30. The molecular weight excluding hydrogens is 430 g/mol. The third-order valence-electron chi connectivity index (χ3n) is 6.22. The normalized spacial score (nSPS) is 22.8. The minimum absolute atomic E-state index is 0.0193. The summed E-state index contributed by atoms with van der Waals surface area (Å²) in [7, 11) is -3.45. The Morgan fingerprint density at radius 1 is 0.812 bits per heavy atom. The van der Waals surface area contributed by atoms with E-state index in [9.17, 15) is 18.0 Å². The lowest BCUT2D eigenvalue weighted by molar-refractivity contribution is -0.126. The fourth-order valence-electron chi connectivity index (χ4n) is 4.29. The molecule has 3 saturated heterocycles. The van der Waals surface area contributed by atoms with Gasteiger partial charge in [0.15, 0.2) is 0 Å². The molecule has 1 aromatic rings. The van der Waals surface area contributed by atoms with Crippen LogP contribution in [0.5, 0.6) is 0 Å². The molecule has 0 atom stereocenters. The second-order valence-corrected chi connectivity index (χ2v) is 10.4. The van der Waals surface area contributed by atoms with Crippen LogP contribution in [-0.4, -0.2) is 96.1 Å². The Bertz CT molecular complexity index is 936. The predicted molar refractivity (Wildman–Crippen MR) is 121 cm³/mol. The molecular formula is C22H31N5O4S. The molecule has 0 radical (unpaired) electrons. The van der Waals surface area contributed by atoms with Crippen molar-refractivity contribution in [3.8, 4) is 0 Å². The highest BCUT2D eigenvalue weighted by Gasteiger charge is 2.38. The lowest BCUT2D eigenvalue weighted by atomic mass is 10.2. The van der Waals surface area contributed by atoms with Gasteiger partial charge in [0.25, 0.3) is 16.1 Å². The first-order chi connectivity index (χ1) is 15.4. The number of rotatable bonds is 6. The van der Waals surface area contributed by atoms with Gasteiger partial charge < -0.3 is 0 Å². The second kappa shape index (κ2) is 10.1. The Kier molecular flexibility index (Phi) is 7.24. The summed E-state index contributed by atoms with van der Waals surface area (Å²) in [4.78, 5) is 29.8. The molecule has 3 aliphatic heterocycles. The van der Waals surface area contributed by atoms with Crippen molar-refractivity contribution in [1.29, 1.82) is 0 Å². The molecule has 10 heteroatoms. The maximum atomic E-state index is 13.0. The molecule has 9 nitrogen and oxygen atoms in total. The molecule has 0 aromatic heterocycles. The largest absolute Gasteiger partial charge is 0.332 e. The molecule has 3 aliphatic rings. The van der Waals surface area contributed by atoms with Crippen molar-refractivity contribution in [3.63, 3.8) is 0 Å². The van der Waals surface area contributed by atoms with E-state index >= 15 is 0 Å². The van der Waals surface area contributed by atoms with Gasteiger partial charge in [-0.2, -0.15) is 17.0 Å². The van der Waals surface area contributed by atoms with Gasteiger partial charge in [0.2, 0.25) is 0 Å². The number of piperazine rings is 1. The SMILES string of the molecule is O=C1CN(/C=C/c2ccccc2)C(=O)N1CN1CCN(S(=O)(=O)N2CCCCCC2)CC1. The van der Waals surface area contributed by atoms with Crippen LogP contribution in [0.1, 0.15) is 31.2 Å². The van der Waals surface area contributed by atoms with Crippen molar-refractivity contribution in [3.05, 3.63) is 42.1 Å². The van der Waals surface area contributed by atoms with E-state index < -0.39 is 10.2 Å². The summed E-state index contributed by atoms with van der Waals surface area (Å²) >= 11 is 0. The Hall–Kier alpha value is -2.27. The summed E-state index contributed by atoms with van der Waals surface area (Å²) in [5.41, 5.74) is 0.952. The van der Waals surface area contributed by atoms with Crippen molar-refractivity contribution in [2.45, 2.75) is 25.7 Å². The summed E-state index contributed by atoms with van der Waals surface area (Å²) in [5.74, 6) is -0.243. The van der Waals surface area contributed by atoms with Gasteiger partial charge in [-0.05, 0) is 24.5 Å². The van der Waals surface area contributed by atoms with Crippen LogP contribution in [0.4, 0.5) is 4.79 Å². The van der Waals surface area contributed by atoms with Crippen LogP contribution in [0.3, 0.4) is 0 Å². The van der Waals surface area contributed by atoms with E-state index in [0.717, 1.165) is 31.2 Å². The van der Waals surface area contributed by atoms with Gasteiger partial charge in [-0.25, -0.2) is 9.69 Å². The average molecular weight is 462 g/mol. The monoisotopic (exact) mass is 461 g/mol. The van der Waals surface area contributed by atoms with E-state index in [1.807, 2.05) is 35.2 Å². The van der Waals surface area contributed by atoms with E-state index in [1.54, 1.807) is 16.6 Å². The van der Waals surface area contributed by atoms with Gasteiger partial charge in [0.1, 0.15) is 6.54 Å². The van der Waals surface area contributed by atoms with Gasteiger partial charge >= 0.3 is 6.03 Å². The lowest BCUT2D eigenvalue weighted by Crippen LogP contribution is -2.55. The van der Waals surface area contributed by atoms with E-state index in [1.165, 1.54) is 14.1 Å². The van der Waals surface area contributed by atoms with Crippen molar-refractivity contribution in [2.24, 2.45) is 0 Å². The third kappa shape index (κ3) is 5.20. The Labute approximate surface area is 190 Å². The van der Waals surface area contributed by atoms with Gasteiger partial charge in [-0.1, -0.05) is 43.2 Å². The zero-order valence-corrected chi connectivity index (χ0v) is 19.1. The molecule has 3 heterocycles. The van der Waals surface area contributed by atoms with E-state index in [-0.39, 0.29) is 25.2 Å². The maximum absolute atomic E-state index is 13.0. The van der Waals surface area contributed by atoms with Gasteiger partial charge in [-0.3, -0.25) is 14.6 Å². The fraction of sp³-hybridized carbons (Fsp3) is 0.545. The van der Waals surface area contributed by atoms with Crippen molar-refractivity contribution >= 4 is 28.2 Å². The standard InChI is InChI=1S/C22H31N5O4S/c28-21-18-24(13-10-20-8-4-3-5-9-20)22(29)27(21)19-23-14-16-26(17-15-23)32(30,31)25-11-6-1-2-7-12-25/h3-5,8-10,13H,1-2,6-7,11-12,14-19H2/b13-10+. The zero-order valence-electron chi connectivity index (χ0n) is 18.3. The lowest BCUT2D eigenvalue weighted by Gasteiger charge is -2.37. The second-order valence-electron chi connectivity index (χ2n) is 8.44. The predicted octanol–water partition coefficient (Wildman–Crippen LogP) is 1.62. The van der Waals surface area contributed by atoms with E-state index in [0.29, 0.717) is 39.3 Å². The molecule has 1 aromatic carbocycles. The van der Waals surface area contributed by atoms with E-state index in [2.05, 4.69) is 0 Å². The highest BCUT2D eigenvalue weighted by molar-refractivity contribution is 7.86. The highest BCUT2D eigenvalue weighted by Crippen LogP contribution is 2.19. The van der Waals surface area contributed by atoms with Crippen LogP contribution in [0, 0.1) is 0 Å². The highest BCUT2D eigenvalue weighted by atomic mass is 32.2. The minimum atomic E-state index is -3.45. The molecule has 0 unspecified atom stereocenters. The number of hydrogen-bond donors (Lipinski definition) is 0. The Morgan fingerprint density at radius 2 is 1.44 bits per heavy atom. The molecule has 32 heavy (non-hydrogen) atoms. The maximum Gasteiger partial charge on any atom is 0.332 e. The van der Waals surface area contributed by atoms with Crippen LogP contribution < -0.4 is 0 Å². The van der Waals surface area contributed by atoms with Gasteiger partial charge in [-0.15, -0.1) is 0 Å². The molecule has 4 rings (SSSR count). The smallest absolute Gasteiger partial charge is 0.291 e. The number of hydrogen-bond acceptors (Lipinski definition) is 5. The molecule has 0 spiro atoms. The number of benzene rings is 1. The van der Waals surface area contributed by atoms with Crippen LogP contribution in [0.25, 0.3) is 6.08 Å². The summed E-state index contributed by atoms with van der Waals surface area (Å²) in [6, 6.07) is 9.25. The fourth-order valence-corrected chi connectivity index (χ4v) is 5.96. The summed E-state index contributed by atoms with van der Waals surface area (Å²) in [6.45, 7) is 3.10. The van der Waals surface area contributed by atoms with Crippen molar-refractivity contribution in [1.82, 2.24) is 23.3 Å². The molecule has 0 N–H and O–H groups in total. The first kappa shape index (κ1) is 22.9. The minimum Gasteiger partial charge on any atom is -0.291 e. The van der Waals surface area contributed by atoms with Gasteiger partial charge in [0, 0.05) is 45.5 Å². The summed E-state index contributed by atoms with van der Waals surface area (Å²) in [5, 5.41) is 0. The Morgan fingerprint density at radius 3 is 2.09 bits per heavy atom.